The molecule has 1 aromatic carbocycles. The molecule has 2 aliphatic carbocycles. The van der Waals surface area contributed by atoms with Gasteiger partial charge in [0.2, 0.25) is 0 Å². The van der Waals surface area contributed by atoms with Gasteiger partial charge in [-0.1, -0.05) is 15.9 Å². The van der Waals surface area contributed by atoms with E-state index in [1.807, 2.05) is 0 Å². The molecule has 0 aromatic heterocycles. The molecule has 108 valence electrons. The fourth-order valence-electron chi connectivity index (χ4n) is 3.58. The Morgan fingerprint density at radius 1 is 1.20 bits per heavy atom. The average Bonchev–Trinajstić information content (AvgIpc) is 3.32. The van der Waals surface area contributed by atoms with Gasteiger partial charge in [-0.05, 0) is 73.7 Å². The molecule has 1 aromatic rings. The second-order valence-corrected chi connectivity index (χ2v) is 7.61. The Balaban J connectivity index is 1.27. The first-order valence-corrected chi connectivity index (χ1v) is 8.74. The molecule has 2 fully saturated rings. The first kappa shape index (κ1) is 13.1. The van der Waals surface area contributed by atoms with Crippen LogP contribution in [0.1, 0.15) is 31.2 Å². The summed E-state index contributed by atoms with van der Waals surface area (Å²) in [5.74, 6) is 4.09. The number of fused-ring (bicyclic) bond motifs is 1. The van der Waals surface area contributed by atoms with Crippen LogP contribution < -0.4 is 10.1 Å². The van der Waals surface area contributed by atoms with E-state index < -0.39 is 0 Å². The lowest BCUT2D eigenvalue weighted by Gasteiger charge is -2.18. The highest BCUT2D eigenvalue weighted by Crippen LogP contribution is 2.48. The first-order chi connectivity index (χ1) is 9.79. The fourth-order valence-corrected chi connectivity index (χ4v) is 3.99. The minimum absolute atomic E-state index is 0.318. The standard InChI is InChI=1S/C17H22BrNO/c18-14-5-6-17-13(7-14)8-15(20-17)9-19-10-16(11-1-2-11)12-3-4-12/h5-7,11-12,15-16,19H,1-4,8-10H2. The third-order valence-electron chi connectivity index (χ3n) is 4.97. The van der Waals surface area contributed by atoms with E-state index in [0.717, 1.165) is 40.9 Å². The Kier molecular flexibility index (Phi) is 3.51. The monoisotopic (exact) mass is 335 g/mol. The zero-order valence-electron chi connectivity index (χ0n) is 11.8. The van der Waals surface area contributed by atoms with Crippen LogP contribution in [0.2, 0.25) is 0 Å². The Morgan fingerprint density at radius 2 is 1.95 bits per heavy atom. The van der Waals surface area contributed by atoms with Crippen molar-refractivity contribution in [2.24, 2.45) is 17.8 Å². The highest BCUT2D eigenvalue weighted by Gasteiger charge is 2.41. The van der Waals surface area contributed by atoms with Crippen molar-refractivity contribution < 1.29 is 4.74 Å². The van der Waals surface area contributed by atoms with Gasteiger partial charge in [-0.2, -0.15) is 0 Å². The van der Waals surface area contributed by atoms with Crippen LogP contribution in [-0.4, -0.2) is 19.2 Å². The third kappa shape index (κ3) is 2.89. The van der Waals surface area contributed by atoms with Gasteiger partial charge in [0.05, 0.1) is 0 Å². The largest absolute Gasteiger partial charge is 0.488 e. The molecule has 3 heteroatoms. The lowest BCUT2D eigenvalue weighted by atomic mass is 9.98. The van der Waals surface area contributed by atoms with Crippen molar-refractivity contribution in [2.45, 2.75) is 38.2 Å². The number of halogens is 1. The lowest BCUT2D eigenvalue weighted by Crippen LogP contribution is -2.34. The normalized spacial score (nSPS) is 24.8. The topological polar surface area (TPSA) is 21.3 Å². The SMILES string of the molecule is Brc1ccc2c(c1)CC(CNCC(C1CC1)C1CC1)O2. The summed E-state index contributed by atoms with van der Waals surface area (Å²) in [7, 11) is 0. The maximum absolute atomic E-state index is 6.01. The van der Waals surface area contributed by atoms with E-state index >= 15 is 0 Å². The summed E-state index contributed by atoms with van der Waals surface area (Å²) in [6.07, 6.45) is 7.26. The minimum Gasteiger partial charge on any atom is -0.488 e. The second kappa shape index (κ2) is 5.34. The number of hydrogen-bond donors (Lipinski definition) is 1. The van der Waals surface area contributed by atoms with Crippen molar-refractivity contribution in [3.8, 4) is 5.75 Å². The van der Waals surface area contributed by atoms with Gasteiger partial charge >= 0.3 is 0 Å². The van der Waals surface area contributed by atoms with Crippen molar-refractivity contribution >= 4 is 15.9 Å². The van der Waals surface area contributed by atoms with E-state index in [-0.39, 0.29) is 0 Å². The molecule has 1 unspecified atom stereocenters. The molecular weight excluding hydrogens is 314 g/mol. The maximum atomic E-state index is 6.01. The molecule has 4 rings (SSSR count). The maximum Gasteiger partial charge on any atom is 0.123 e. The van der Waals surface area contributed by atoms with Gasteiger partial charge in [0.1, 0.15) is 11.9 Å². The molecular formula is C17H22BrNO. The average molecular weight is 336 g/mol. The zero-order valence-corrected chi connectivity index (χ0v) is 13.4. The van der Waals surface area contributed by atoms with Gasteiger partial charge in [0.15, 0.2) is 0 Å². The van der Waals surface area contributed by atoms with E-state index in [2.05, 4.69) is 39.4 Å². The van der Waals surface area contributed by atoms with Crippen LogP contribution >= 0.6 is 15.9 Å². The fraction of sp³-hybridized carbons (Fsp3) is 0.647. The molecule has 2 saturated carbocycles. The van der Waals surface area contributed by atoms with E-state index in [0.29, 0.717) is 6.10 Å². The summed E-state index contributed by atoms with van der Waals surface area (Å²) in [5, 5.41) is 3.68. The number of hydrogen-bond acceptors (Lipinski definition) is 2. The molecule has 3 aliphatic rings. The lowest BCUT2D eigenvalue weighted by molar-refractivity contribution is 0.221. The molecule has 0 amide bonds. The molecule has 0 radical (unpaired) electrons. The predicted octanol–water partition coefficient (Wildman–Crippen LogP) is 3.78. The van der Waals surface area contributed by atoms with Crippen molar-refractivity contribution in [3.63, 3.8) is 0 Å². The Hall–Kier alpha value is -0.540. The van der Waals surface area contributed by atoms with Crippen molar-refractivity contribution in [1.29, 1.82) is 0 Å². The first-order valence-electron chi connectivity index (χ1n) is 7.95. The molecule has 2 nitrogen and oxygen atoms in total. The van der Waals surface area contributed by atoms with Gasteiger partial charge in [-0.25, -0.2) is 0 Å². The summed E-state index contributed by atoms with van der Waals surface area (Å²) >= 11 is 3.53. The Bertz CT molecular complexity index is 484. The van der Waals surface area contributed by atoms with Crippen LogP contribution in [0.4, 0.5) is 0 Å². The molecule has 1 atom stereocenters. The zero-order chi connectivity index (χ0) is 13.5. The number of nitrogens with one attached hydrogen (secondary N) is 1. The smallest absolute Gasteiger partial charge is 0.123 e. The van der Waals surface area contributed by atoms with Crippen LogP contribution in [0.5, 0.6) is 5.75 Å². The molecule has 0 saturated heterocycles. The van der Waals surface area contributed by atoms with E-state index in [1.165, 1.54) is 37.8 Å². The number of ether oxygens (including phenoxy) is 1. The summed E-state index contributed by atoms with van der Waals surface area (Å²) < 4.78 is 7.16. The van der Waals surface area contributed by atoms with Gasteiger partial charge in [0.25, 0.3) is 0 Å². The van der Waals surface area contributed by atoms with Gasteiger partial charge < -0.3 is 10.1 Å². The van der Waals surface area contributed by atoms with E-state index in [1.54, 1.807) is 0 Å². The van der Waals surface area contributed by atoms with Gasteiger partial charge in [0, 0.05) is 17.4 Å². The number of rotatable bonds is 6. The highest BCUT2D eigenvalue weighted by molar-refractivity contribution is 9.10. The summed E-state index contributed by atoms with van der Waals surface area (Å²) in [6.45, 7) is 2.19. The van der Waals surface area contributed by atoms with Crippen molar-refractivity contribution in [2.75, 3.05) is 13.1 Å². The molecule has 0 spiro atoms. The van der Waals surface area contributed by atoms with Crippen LogP contribution in [0.15, 0.2) is 22.7 Å². The van der Waals surface area contributed by atoms with Crippen LogP contribution in [-0.2, 0) is 6.42 Å². The molecule has 1 aliphatic heterocycles. The quantitative estimate of drug-likeness (QED) is 0.854. The Labute approximate surface area is 129 Å². The van der Waals surface area contributed by atoms with Crippen LogP contribution in [0, 0.1) is 17.8 Å². The molecule has 1 heterocycles. The summed E-state index contributed by atoms with van der Waals surface area (Å²) in [6, 6.07) is 6.33. The van der Waals surface area contributed by atoms with Crippen molar-refractivity contribution in [3.05, 3.63) is 28.2 Å². The van der Waals surface area contributed by atoms with Gasteiger partial charge in [-0.3, -0.25) is 0 Å². The third-order valence-corrected chi connectivity index (χ3v) is 5.46. The second-order valence-electron chi connectivity index (χ2n) is 6.69. The van der Waals surface area contributed by atoms with E-state index in [4.69, 9.17) is 4.74 Å². The van der Waals surface area contributed by atoms with Gasteiger partial charge in [-0.15, -0.1) is 0 Å². The van der Waals surface area contributed by atoms with Crippen LogP contribution in [0.25, 0.3) is 0 Å². The predicted molar refractivity (Wildman–Crippen MR) is 84.1 cm³/mol. The summed E-state index contributed by atoms with van der Waals surface area (Å²) in [4.78, 5) is 0. The molecule has 1 N–H and O–H groups in total. The summed E-state index contributed by atoms with van der Waals surface area (Å²) in [5.41, 5.74) is 1.34. The molecule has 0 bridgehead atoms. The molecule has 20 heavy (non-hydrogen) atoms. The number of benzene rings is 1. The van der Waals surface area contributed by atoms with Crippen molar-refractivity contribution in [1.82, 2.24) is 5.32 Å². The Morgan fingerprint density at radius 3 is 2.65 bits per heavy atom. The van der Waals surface area contributed by atoms with Crippen LogP contribution in [0.3, 0.4) is 0 Å². The van der Waals surface area contributed by atoms with E-state index in [9.17, 15) is 0 Å². The highest BCUT2D eigenvalue weighted by atomic mass is 79.9. The minimum atomic E-state index is 0.318.